The second kappa shape index (κ2) is 6.17. The van der Waals surface area contributed by atoms with E-state index in [0.29, 0.717) is 11.3 Å². The standard InChI is InChI=1S/C15H14N2OS/c1-18-13-5-2-11(3-6-13)10-19-15-8-12(9-16)4-7-14(15)17/h2-8H,10,17H2,1H3. The van der Waals surface area contributed by atoms with E-state index < -0.39 is 0 Å². The summed E-state index contributed by atoms with van der Waals surface area (Å²) in [4.78, 5) is 0.940. The molecule has 0 heterocycles. The number of benzene rings is 2. The predicted octanol–water partition coefficient (Wildman–Crippen LogP) is 3.44. The van der Waals surface area contributed by atoms with Crippen LogP contribution in [0, 0.1) is 11.3 Å². The van der Waals surface area contributed by atoms with Crippen molar-refractivity contribution >= 4 is 17.4 Å². The number of rotatable bonds is 4. The molecule has 2 N–H and O–H groups in total. The fourth-order valence-corrected chi connectivity index (χ4v) is 2.57. The highest BCUT2D eigenvalue weighted by atomic mass is 32.2. The molecule has 4 heteroatoms. The van der Waals surface area contributed by atoms with Crippen molar-refractivity contribution in [1.82, 2.24) is 0 Å². The molecule has 0 aliphatic heterocycles. The predicted molar refractivity (Wildman–Crippen MR) is 78.1 cm³/mol. The van der Waals surface area contributed by atoms with Crippen molar-refractivity contribution in [2.45, 2.75) is 10.6 Å². The van der Waals surface area contributed by atoms with Gasteiger partial charge in [-0.15, -0.1) is 11.8 Å². The average Bonchev–Trinajstić information content (AvgIpc) is 2.47. The highest BCUT2D eigenvalue weighted by molar-refractivity contribution is 7.98. The Kier molecular flexibility index (Phi) is 4.32. The van der Waals surface area contributed by atoms with Gasteiger partial charge in [-0.2, -0.15) is 5.26 Å². The Morgan fingerprint density at radius 1 is 1.21 bits per heavy atom. The Labute approximate surface area is 117 Å². The van der Waals surface area contributed by atoms with Crippen LogP contribution in [0.4, 0.5) is 5.69 Å². The number of nitriles is 1. The van der Waals surface area contributed by atoms with Gasteiger partial charge >= 0.3 is 0 Å². The van der Waals surface area contributed by atoms with E-state index in [-0.39, 0.29) is 0 Å². The summed E-state index contributed by atoms with van der Waals surface area (Å²) in [5.74, 6) is 1.66. The van der Waals surface area contributed by atoms with Gasteiger partial charge in [0.2, 0.25) is 0 Å². The lowest BCUT2D eigenvalue weighted by molar-refractivity contribution is 0.414. The van der Waals surface area contributed by atoms with Crippen molar-refractivity contribution in [3.8, 4) is 11.8 Å². The summed E-state index contributed by atoms with van der Waals surface area (Å²) in [6, 6.07) is 15.4. The molecule has 0 bridgehead atoms. The number of nitrogen functional groups attached to an aromatic ring is 1. The van der Waals surface area contributed by atoms with Crippen LogP contribution in [-0.4, -0.2) is 7.11 Å². The topological polar surface area (TPSA) is 59.0 Å². The molecule has 2 aromatic carbocycles. The summed E-state index contributed by atoms with van der Waals surface area (Å²) < 4.78 is 5.12. The second-order valence-corrected chi connectivity index (χ2v) is 5.02. The van der Waals surface area contributed by atoms with Gasteiger partial charge in [-0.05, 0) is 35.9 Å². The first kappa shape index (κ1) is 13.3. The van der Waals surface area contributed by atoms with Crippen molar-refractivity contribution in [2.24, 2.45) is 0 Å². The molecule has 0 aliphatic rings. The minimum absolute atomic E-state index is 0.631. The summed E-state index contributed by atoms with van der Waals surface area (Å²) in [5.41, 5.74) is 8.43. The van der Waals surface area contributed by atoms with Crippen molar-refractivity contribution in [2.75, 3.05) is 12.8 Å². The first-order valence-corrected chi connectivity index (χ1v) is 6.77. The smallest absolute Gasteiger partial charge is 0.118 e. The van der Waals surface area contributed by atoms with E-state index in [4.69, 9.17) is 15.7 Å². The summed E-state index contributed by atoms with van der Waals surface area (Å²) in [6.45, 7) is 0. The number of nitrogens with zero attached hydrogens (tertiary/aromatic N) is 1. The van der Waals surface area contributed by atoms with Crippen LogP contribution in [0.15, 0.2) is 47.4 Å². The van der Waals surface area contributed by atoms with E-state index >= 15 is 0 Å². The summed E-state index contributed by atoms with van der Waals surface area (Å²) in [7, 11) is 1.65. The molecule has 0 radical (unpaired) electrons. The number of ether oxygens (including phenoxy) is 1. The van der Waals surface area contributed by atoms with Crippen LogP contribution < -0.4 is 10.5 Å². The van der Waals surface area contributed by atoms with E-state index in [1.165, 1.54) is 5.56 Å². The first-order valence-electron chi connectivity index (χ1n) is 5.78. The number of anilines is 1. The van der Waals surface area contributed by atoms with Gasteiger partial charge in [0.05, 0.1) is 18.7 Å². The number of hydrogen-bond donors (Lipinski definition) is 1. The van der Waals surface area contributed by atoms with Gasteiger partial charge in [0.1, 0.15) is 5.75 Å². The van der Waals surface area contributed by atoms with Gasteiger partial charge in [0, 0.05) is 16.3 Å². The van der Waals surface area contributed by atoms with Gasteiger partial charge in [0.25, 0.3) is 0 Å². The van der Waals surface area contributed by atoms with Gasteiger partial charge in [0.15, 0.2) is 0 Å². The molecule has 0 amide bonds. The number of nitrogens with two attached hydrogens (primary N) is 1. The minimum Gasteiger partial charge on any atom is -0.497 e. The molecule has 96 valence electrons. The van der Waals surface area contributed by atoms with Crippen LogP contribution in [0.3, 0.4) is 0 Å². The molecule has 0 aromatic heterocycles. The lowest BCUT2D eigenvalue weighted by atomic mass is 10.2. The molecule has 0 atom stereocenters. The van der Waals surface area contributed by atoms with Crippen molar-refractivity contribution in [3.05, 3.63) is 53.6 Å². The van der Waals surface area contributed by atoms with Crippen LogP contribution in [0.5, 0.6) is 5.75 Å². The lowest BCUT2D eigenvalue weighted by Crippen LogP contribution is -1.90. The Morgan fingerprint density at radius 3 is 2.58 bits per heavy atom. The fourth-order valence-electron chi connectivity index (χ4n) is 1.61. The third-order valence-electron chi connectivity index (χ3n) is 2.70. The van der Waals surface area contributed by atoms with Crippen molar-refractivity contribution in [1.29, 1.82) is 5.26 Å². The van der Waals surface area contributed by atoms with Gasteiger partial charge in [-0.3, -0.25) is 0 Å². The largest absolute Gasteiger partial charge is 0.497 e. The number of methoxy groups -OCH3 is 1. The van der Waals surface area contributed by atoms with E-state index in [2.05, 4.69) is 6.07 Å². The molecular formula is C15H14N2OS. The van der Waals surface area contributed by atoms with Crippen LogP contribution in [0.2, 0.25) is 0 Å². The third kappa shape index (κ3) is 3.43. The number of thioether (sulfide) groups is 1. The maximum atomic E-state index is 8.88. The highest BCUT2D eigenvalue weighted by Gasteiger charge is 2.03. The second-order valence-electron chi connectivity index (χ2n) is 4.00. The summed E-state index contributed by atoms with van der Waals surface area (Å²) in [5, 5.41) is 8.88. The van der Waals surface area contributed by atoms with Gasteiger partial charge < -0.3 is 10.5 Å². The Hall–Kier alpha value is -2.12. The normalized spacial score (nSPS) is 9.89. The van der Waals surface area contributed by atoms with Crippen LogP contribution >= 0.6 is 11.8 Å². The molecule has 0 spiro atoms. The molecule has 2 aromatic rings. The zero-order valence-electron chi connectivity index (χ0n) is 10.6. The average molecular weight is 270 g/mol. The Balaban J connectivity index is 2.07. The quantitative estimate of drug-likeness (QED) is 0.683. The number of hydrogen-bond acceptors (Lipinski definition) is 4. The minimum atomic E-state index is 0.631. The fraction of sp³-hybridized carbons (Fsp3) is 0.133. The molecule has 0 aliphatic carbocycles. The molecular weight excluding hydrogens is 256 g/mol. The zero-order chi connectivity index (χ0) is 13.7. The van der Waals surface area contributed by atoms with Crippen molar-refractivity contribution < 1.29 is 4.74 Å². The van der Waals surface area contributed by atoms with Gasteiger partial charge in [-0.25, -0.2) is 0 Å². The Bertz CT molecular complexity index is 603. The molecule has 19 heavy (non-hydrogen) atoms. The molecule has 2 rings (SSSR count). The Morgan fingerprint density at radius 2 is 1.95 bits per heavy atom. The van der Waals surface area contributed by atoms with Crippen molar-refractivity contribution in [3.63, 3.8) is 0 Å². The molecule has 0 saturated heterocycles. The third-order valence-corrected chi connectivity index (χ3v) is 3.84. The van der Waals surface area contributed by atoms with E-state index in [0.717, 1.165) is 16.4 Å². The zero-order valence-corrected chi connectivity index (χ0v) is 11.4. The molecule has 0 unspecified atom stereocenters. The van der Waals surface area contributed by atoms with Crippen LogP contribution in [0.25, 0.3) is 0 Å². The van der Waals surface area contributed by atoms with Crippen LogP contribution in [0.1, 0.15) is 11.1 Å². The maximum Gasteiger partial charge on any atom is 0.118 e. The lowest BCUT2D eigenvalue weighted by Gasteiger charge is -2.06. The maximum absolute atomic E-state index is 8.88. The molecule has 0 fully saturated rings. The van der Waals surface area contributed by atoms with Crippen LogP contribution in [-0.2, 0) is 5.75 Å². The summed E-state index contributed by atoms with van der Waals surface area (Å²) in [6.07, 6.45) is 0. The van der Waals surface area contributed by atoms with E-state index in [1.54, 1.807) is 31.0 Å². The molecule has 0 saturated carbocycles. The van der Waals surface area contributed by atoms with E-state index in [1.807, 2.05) is 30.3 Å². The van der Waals surface area contributed by atoms with Gasteiger partial charge in [-0.1, -0.05) is 12.1 Å². The monoisotopic (exact) mass is 270 g/mol. The molecule has 3 nitrogen and oxygen atoms in total. The first-order chi connectivity index (χ1) is 9.22. The highest BCUT2D eigenvalue weighted by Crippen LogP contribution is 2.29. The summed E-state index contributed by atoms with van der Waals surface area (Å²) >= 11 is 1.63. The van der Waals surface area contributed by atoms with E-state index in [9.17, 15) is 0 Å². The SMILES string of the molecule is COc1ccc(CSc2cc(C#N)ccc2N)cc1.